The van der Waals surface area contributed by atoms with Crippen molar-refractivity contribution in [3.63, 3.8) is 0 Å². The molecule has 0 aliphatic heterocycles. The Morgan fingerprint density at radius 2 is 1.95 bits per heavy atom. The Balaban J connectivity index is 2.26. The Kier molecular flexibility index (Phi) is 4.53. The van der Waals surface area contributed by atoms with Crippen molar-refractivity contribution in [2.45, 2.75) is 19.9 Å². The summed E-state index contributed by atoms with van der Waals surface area (Å²) in [5, 5.41) is 10.1. The molecule has 4 heteroatoms. The number of hydrogen-bond acceptors (Lipinski definition) is 2. The van der Waals surface area contributed by atoms with Gasteiger partial charge >= 0.3 is 0 Å². The summed E-state index contributed by atoms with van der Waals surface area (Å²) in [6.45, 7) is 3.77. The highest BCUT2D eigenvalue weighted by Gasteiger charge is 2.20. The van der Waals surface area contributed by atoms with Crippen molar-refractivity contribution in [2.24, 2.45) is 0 Å². The summed E-state index contributed by atoms with van der Waals surface area (Å²) in [7, 11) is 1.76. The first-order chi connectivity index (χ1) is 9.90. The van der Waals surface area contributed by atoms with Crippen LogP contribution >= 0.6 is 11.6 Å². The van der Waals surface area contributed by atoms with Crippen LogP contribution in [0.2, 0.25) is 5.02 Å². The van der Waals surface area contributed by atoms with E-state index >= 15 is 0 Å². The van der Waals surface area contributed by atoms with E-state index in [1.165, 1.54) is 6.07 Å². The van der Waals surface area contributed by atoms with Gasteiger partial charge in [-0.1, -0.05) is 23.7 Å². The van der Waals surface area contributed by atoms with Crippen molar-refractivity contribution >= 4 is 17.5 Å². The van der Waals surface area contributed by atoms with Crippen LogP contribution in [0, 0.1) is 6.92 Å². The summed E-state index contributed by atoms with van der Waals surface area (Å²) >= 11 is 6.00. The molecule has 0 fully saturated rings. The number of benzene rings is 2. The highest BCUT2D eigenvalue weighted by Crippen LogP contribution is 2.25. The quantitative estimate of drug-likeness (QED) is 0.923. The fraction of sp³-hybridized carbons (Fsp3) is 0.235. The third kappa shape index (κ3) is 3.37. The standard InChI is InChI=1S/C17H18ClNO2/c1-11-9-15(20)7-8-16(11)17(21)19(3)12(2)13-5-4-6-14(18)10-13/h4-10,12,20H,1-3H3. The van der Waals surface area contributed by atoms with Crippen molar-refractivity contribution in [3.8, 4) is 5.75 Å². The Morgan fingerprint density at radius 3 is 2.57 bits per heavy atom. The number of nitrogens with zero attached hydrogens (tertiary/aromatic N) is 1. The van der Waals surface area contributed by atoms with Gasteiger partial charge in [0.15, 0.2) is 0 Å². The molecule has 2 aromatic carbocycles. The summed E-state index contributed by atoms with van der Waals surface area (Å²) in [6.07, 6.45) is 0. The van der Waals surface area contributed by atoms with Crippen molar-refractivity contribution in [1.82, 2.24) is 4.90 Å². The van der Waals surface area contributed by atoms with Gasteiger partial charge in [-0.15, -0.1) is 0 Å². The van der Waals surface area contributed by atoms with Gasteiger partial charge in [-0.3, -0.25) is 4.79 Å². The molecular formula is C17H18ClNO2. The van der Waals surface area contributed by atoms with Crippen LogP contribution in [-0.2, 0) is 0 Å². The molecule has 1 atom stereocenters. The Morgan fingerprint density at radius 1 is 1.24 bits per heavy atom. The Labute approximate surface area is 129 Å². The first-order valence-corrected chi connectivity index (χ1v) is 7.10. The maximum absolute atomic E-state index is 12.6. The number of phenols is 1. The summed E-state index contributed by atoms with van der Waals surface area (Å²) in [6, 6.07) is 12.2. The topological polar surface area (TPSA) is 40.5 Å². The second kappa shape index (κ2) is 6.19. The lowest BCUT2D eigenvalue weighted by Gasteiger charge is -2.26. The average Bonchev–Trinajstić information content (AvgIpc) is 2.45. The molecule has 0 spiro atoms. The van der Waals surface area contributed by atoms with Gasteiger partial charge < -0.3 is 10.0 Å². The number of carbonyl (C=O) groups excluding carboxylic acids is 1. The molecule has 0 bridgehead atoms. The SMILES string of the molecule is Cc1cc(O)ccc1C(=O)N(C)C(C)c1cccc(Cl)c1. The molecule has 0 aliphatic carbocycles. The van der Waals surface area contributed by atoms with Gasteiger partial charge in [0.05, 0.1) is 6.04 Å². The number of aryl methyl sites for hydroxylation is 1. The van der Waals surface area contributed by atoms with E-state index in [4.69, 9.17) is 11.6 Å². The number of halogens is 1. The van der Waals surface area contributed by atoms with Gasteiger partial charge in [-0.25, -0.2) is 0 Å². The minimum atomic E-state index is -0.0931. The number of hydrogen-bond donors (Lipinski definition) is 1. The maximum atomic E-state index is 12.6. The molecule has 0 aliphatic rings. The zero-order valence-corrected chi connectivity index (χ0v) is 13.1. The number of rotatable bonds is 3. The molecule has 1 N–H and O–H groups in total. The fourth-order valence-electron chi connectivity index (χ4n) is 2.24. The normalized spacial score (nSPS) is 12.0. The molecule has 3 nitrogen and oxygen atoms in total. The monoisotopic (exact) mass is 303 g/mol. The first kappa shape index (κ1) is 15.4. The number of aromatic hydroxyl groups is 1. The third-order valence-corrected chi connectivity index (χ3v) is 3.91. The largest absolute Gasteiger partial charge is 0.508 e. The Hall–Kier alpha value is -2.00. The summed E-state index contributed by atoms with van der Waals surface area (Å²) < 4.78 is 0. The highest BCUT2D eigenvalue weighted by atomic mass is 35.5. The number of amides is 1. The van der Waals surface area contributed by atoms with Crippen molar-refractivity contribution in [1.29, 1.82) is 0 Å². The van der Waals surface area contributed by atoms with Crippen LogP contribution in [0.4, 0.5) is 0 Å². The predicted molar refractivity (Wildman–Crippen MR) is 84.8 cm³/mol. The summed E-state index contributed by atoms with van der Waals surface area (Å²) in [5.74, 6) is 0.0783. The molecule has 110 valence electrons. The van der Waals surface area contributed by atoms with Crippen LogP contribution in [0.5, 0.6) is 5.75 Å². The van der Waals surface area contributed by atoms with Crippen molar-refractivity contribution in [2.75, 3.05) is 7.05 Å². The van der Waals surface area contributed by atoms with Crippen molar-refractivity contribution < 1.29 is 9.90 Å². The molecule has 2 rings (SSSR count). The first-order valence-electron chi connectivity index (χ1n) is 6.72. The van der Waals surface area contributed by atoms with Gasteiger partial charge in [0.25, 0.3) is 5.91 Å². The van der Waals surface area contributed by atoms with Crippen LogP contribution in [0.25, 0.3) is 0 Å². The van der Waals surface area contributed by atoms with Gasteiger partial charge in [-0.2, -0.15) is 0 Å². The van der Waals surface area contributed by atoms with Crippen molar-refractivity contribution in [3.05, 3.63) is 64.2 Å². The lowest BCUT2D eigenvalue weighted by molar-refractivity contribution is 0.0742. The van der Waals surface area contributed by atoms with Gasteiger partial charge in [0, 0.05) is 17.6 Å². The van der Waals surface area contributed by atoms with Gasteiger partial charge in [0.1, 0.15) is 5.75 Å². The highest BCUT2D eigenvalue weighted by molar-refractivity contribution is 6.30. The fourth-order valence-corrected chi connectivity index (χ4v) is 2.44. The number of carbonyl (C=O) groups is 1. The van der Waals surface area contributed by atoms with Gasteiger partial charge in [-0.05, 0) is 55.3 Å². The zero-order valence-electron chi connectivity index (χ0n) is 12.3. The van der Waals surface area contributed by atoms with E-state index in [-0.39, 0.29) is 17.7 Å². The van der Waals surface area contributed by atoms with E-state index in [0.717, 1.165) is 11.1 Å². The maximum Gasteiger partial charge on any atom is 0.254 e. The molecule has 2 aromatic rings. The zero-order chi connectivity index (χ0) is 15.6. The van der Waals surface area contributed by atoms with E-state index in [0.29, 0.717) is 10.6 Å². The lowest BCUT2D eigenvalue weighted by Crippen LogP contribution is -2.30. The molecule has 0 saturated heterocycles. The third-order valence-electron chi connectivity index (χ3n) is 3.67. The summed E-state index contributed by atoms with van der Waals surface area (Å²) in [5.41, 5.74) is 2.32. The smallest absolute Gasteiger partial charge is 0.254 e. The van der Waals surface area contributed by atoms with Crippen LogP contribution in [0.15, 0.2) is 42.5 Å². The van der Waals surface area contributed by atoms with E-state index in [2.05, 4.69) is 0 Å². The molecule has 0 heterocycles. The molecule has 0 aromatic heterocycles. The van der Waals surface area contributed by atoms with E-state index < -0.39 is 0 Å². The summed E-state index contributed by atoms with van der Waals surface area (Å²) in [4.78, 5) is 14.3. The van der Waals surface area contributed by atoms with Crippen LogP contribution in [-0.4, -0.2) is 23.0 Å². The second-order valence-corrected chi connectivity index (χ2v) is 5.58. The van der Waals surface area contributed by atoms with E-state index in [1.807, 2.05) is 38.1 Å². The Bertz CT molecular complexity index is 670. The average molecular weight is 304 g/mol. The van der Waals surface area contributed by atoms with Crippen LogP contribution in [0.3, 0.4) is 0 Å². The molecular weight excluding hydrogens is 286 g/mol. The van der Waals surface area contributed by atoms with Gasteiger partial charge in [0.2, 0.25) is 0 Å². The minimum absolute atomic E-state index is 0.0834. The molecule has 1 unspecified atom stereocenters. The van der Waals surface area contributed by atoms with E-state index in [1.54, 1.807) is 24.1 Å². The molecule has 0 saturated carbocycles. The van der Waals surface area contributed by atoms with E-state index in [9.17, 15) is 9.90 Å². The number of phenolic OH excluding ortho intramolecular Hbond substituents is 1. The molecule has 0 radical (unpaired) electrons. The lowest BCUT2D eigenvalue weighted by atomic mass is 10.0. The van der Waals surface area contributed by atoms with Crippen LogP contribution < -0.4 is 0 Å². The minimum Gasteiger partial charge on any atom is -0.508 e. The van der Waals surface area contributed by atoms with Crippen LogP contribution in [0.1, 0.15) is 34.5 Å². The molecule has 21 heavy (non-hydrogen) atoms. The predicted octanol–water partition coefficient (Wildman–Crippen LogP) is 4.19. The second-order valence-electron chi connectivity index (χ2n) is 5.15. The molecule has 1 amide bonds.